The van der Waals surface area contributed by atoms with Crippen molar-refractivity contribution >= 4 is 5.91 Å². The highest BCUT2D eigenvalue weighted by molar-refractivity contribution is 5.76. The summed E-state index contributed by atoms with van der Waals surface area (Å²) in [6.07, 6.45) is 5.10. The molecule has 1 amide bonds. The lowest BCUT2D eigenvalue weighted by atomic mass is 10.0. The van der Waals surface area contributed by atoms with Gasteiger partial charge in [0.2, 0.25) is 5.91 Å². The van der Waals surface area contributed by atoms with Gasteiger partial charge in [-0.1, -0.05) is 6.92 Å². The Bertz CT molecular complexity index is 237. The zero-order chi connectivity index (χ0) is 13.4. The van der Waals surface area contributed by atoms with Crippen molar-refractivity contribution in [3.05, 3.63) is 0 Å². The van der Waals surface area contributed by atoms with Crippen molar-refractivity contribution in [2.45, 2.75) is 45.1 Å². The molecule has 0 unspecified atom stereocenters. The lowest BCUT2D eigenvalue weighted by Crippen LogP contribution is -2.45. The summed E-state index contributed by atoms with van der Waals surface area (Å²) in [5.41, 5.74) is 0. The molecule has 4 heteroatoms. The average molecular weight is 255 g/mol. The summed E-state index contributed by atoms with van der Waals surface area (Å²) in [6.45, 7) is 6.64. The van der Waals surface area contributed by atoms with E-state index < -0.39 is 0 Å². The third-order valence-corrected chi connectivity index (χ3v) is 3.86. The molecular formula is C14H29N3O. The predicted molar refractivity (Wildman–Crippen MR) is 75.7 cm³/mol. The molecule has 1 aliphatic heterocycles. The summed E-state index contributed by atoms with van der Waals surface area (Å²) in [7, 11) is 3.90. The quantitative estimate of drug-likeness (QED) is 0.697. The van der Waals surface area contributed by atoms with Crippen LogP contribution in [0.15, 0.2) is 0 Å². The van der Waals surface area contributed by atoms with Crippen molar-refractivity contribution in [1.29, 1.82) is 0 Å². The maximum Gasteiger partial charge on any atom is 0.222 e. The van der Waals surface area contributed by atoms with Crippen LogP contribution in [0, 0.1) is 0 Å². The Morgan fingerprint density at radius 1 is 1.39 bits per heavy atom. The van der Waals surface area contributed by atoms with Gasteiger partial charge in [0.1, 0.15) is 0 Å². The summed E-state index contributed by atoms with van der Waals surface area (Å²) in [4.78, 5) is 16.5. The second-order valence-corrected chi connectivity index (χ2v) is 5.28. The van der Waals surface area contributed by atoms with Crippen LogP contribution in [-0.2, 0) is 4.79 Å². The highest BCUT2D eigenvalue weighted by atomic mass is 16.2. The lowest BCUT2D eigenvalue weighted by molar-refractivity contribution is -0.132. The molecule has 18 heavy (non-hydrogen) atoms. The minimum absolute atomic E-state index is 0.305. The first-order valence-corrected chi connectivity index (χ1v) is 7.31. The Hall–Kier alpha value is -0.610. The molecule has 4 nitrogen and oxygen atoms in total. The van der Waals surface area contributed by atoms with Gasteiger partial charge in [-0.05, 0) is 45.8 Å². The average Bonchev–Trinajstić information content (AvgIpc) is 2.39. The van der Waals surface area contributed by atoms with E-state index in [2.05, 4.69) is 17.1 Å². The minimum Gasteiger partial charge on any atom is -0.343 e. The number of amides is 1. The Balaban J connectivity index is 2.26. The van der Waals surface area contributed by atoms with E-state index in [1.165, 1.54) is 13.0 Å². The van der Waals surface area contributed by atoms with Gasteiger partial charge in [0.05, 0.1) is 0 Å². The van der Waals surface area contributed by atoms with Crippen LogP contribution in [0.2, 0.25) is 0 Å². The summed E-state index contributed by atoms with van der Waals surface area (Å²) in [6, 6.07) is 0.459. The summed E-state index contributed by atoms with van der Waals surface area (Å²) < 4.78 is 0. The topological polar surface area (TPSA) is 35.6 Å². The van der Waals surface area contributed by atoms with Gasteiger partial charge in [0, 0.05) is 32.6 Å². The van der Waals surface area contributed by atoms with Gasteiger partial charge in [-0.15, -0.1) is 0 Å². The maximum atomic E-state index is 12.0. The Labute approximate surface area is 112 Å². The Morgan fingerprint density at radius 2 is 2.06 bits per heavy atom. The molecule has 0 saturated carbocycles. The number of nitrogens with zero attached hydrogens (tertiary/aromatic N) is 2. The number of rotatable bonds is 7. The van der Waals surface area contributed by atoms with Gasteiger partial charge >= 0.3 is 0 Å². The zero-order valence-corrected chi connectivity index (χ0v) is 12.2. The molecule has 0 spiro atoms. The molecule has 106 valence electrons. The predicted octanol–water partition coefficient (Wildman–Crippen LogP) is 1.32. The van der Waals surface area contributed by atoms with Crippen molar-refractivity contribution in [3.63, 3.8) is 0 Å². The van der Waals surface area contributed by atoms with Crippen molar-refractivity contribution < 1.29 is 4.79 Å². The minimum atomic E-state index is 0.305. The van der Waals surface area contributed by atoms with E-state index in [1.54, 1.807) is 0 Å². The lowest BCUT2D eigenvalue weighted by Gasteiger charge is -2.36. The number of nitrogens with one attached hydrogen (secondary N) is 1. The van der Waals surface area contributed by atoms with Gasteiger partial charge in [-0.3, -0.25) is 4.79 Å². The maximum absolute atomic E-state index is 12.0. The molecule has 0 atom stereocenters. The largest absolute Gasteiger partial charge is 0.343 e. The van der Waals surface area contributed by atoms with E-state index in [-0.39, 0.29) is 0 Å². The Kier molecular flexibility index (Phi) is 7.28. The fourth-order valence-electron chi connectivity index (χ4n) is 2.64. The number of hydrogen-bond acceptors (Lipinski definition) is 3. The molecule has 0 aromatic rings. The van der Waals surface area contributed by atoms with Gasteiger partial charge in [-0.2, -0.15) is 0 Å². The second kappa shape index (κ2) is 8.48. The van der Waals surface area contributed by atoms with Crippen molar-refractivity contribution in [2.75, 3.05) is 40.3 Å². The molecule has 0 aromatic carbocycles. The van der Waals surface area contributed by atoms with Crippen molar-refractivity contribution in [2.24, 2.45) is 0 Å². The van der Waals surface area contributed by atoms with E-state index in [0.717, 1.165) is 38.9 Å². The molecule has 1 N–H and O–H groups in total. The molecule has 1 saturated heterocycles. The molecular weight excluding hydrogens is 226 g/mol. The van der Waals surface area contributed by atoms with E-state index in [1.807, 2.05) is 19.0 Å². The van der Waals surface area contributed by atoms with Crippen LogP contribution in [0.4, 0.5) is 0 Å². The molecule has 0 aromatic heterocycles. The smallest absolute Gasteiger partial charge is 0.222 e. The van der Waals surface area contributed by atoms with Crippen LogP contribution < -0.4 is 5.32 Å². The van der Waals surface area contributed by atoms with Gasteiger partial charge in [0.15, 0.2) is 0 Å². The zero-order valence-electron chi connectivity index (χ0n) is 12.2. The number of hydrogen-bond donors (Lipinski definition) is 1. The summed E-state index contributed by atoms with van der Waals surface area (Å²) in [5, 5.41) is 3.08. The van der Waals surface area contributed by atoms with E-state index in [0.29, 0.717) is 18.4 Å². The summed E-state index contributed by atoms with van der Waals surface area (Å²) >= 11 is 0. The van der Waals surface area contributed by atoms with Crippen LogP contribution in [0.3, 0.4) is 0 Å². The van der Waals surface area contributed by atoms with E-state index >= 15 is 0 Å². The standard InChI is InChI=1S/C14H29N3O/c1-4-10-17-11-7-13(8-12-17)16(3)14(18)6-5-9-15-2/h13,15H,4-12H2,1-3H3. The second-order valence-electron chi connectivity index (χ2n) is 5.28. The van der Waals surface area contributed by atoms with Crippen LogP contribution >= 0.6 is 0 Å². The van der Waals surface area contributed by atoms with Crippen molar-refractivity contribution in [1.82, 2.24) is 15.1 Å². The van der Waals surface area contributed by atoms with Gasteiger partial charge < -0.3 is 15.1 Å². The number of piperidine rings is 1. The molecule has 1 heterocycles. The highest BCUT2D eigenvalue weighted by Crippen LogP contribution is 2.16. The summed E-state index contributed by atoms with van der Waals surface area (Å²) in [5.74, 6) is 0.305. The molecule has 0 radical (unpaired) electrons. The third kappa shape index (κ3) is 4.94. The molecule has 0 aliphatic carbocycles. The molecule has 0 bridgehead atoms. The Morgan fingerprint density at radius 3 is 2.61 bits per heavy atom. The van der Waals surface area contributed by atoms with E-state index in [9.17, 15) is 4.79 Å². The third-order valence-electron chi connectivity index (χ3n) is 3.86. The number of likely N-dealkylation sites (tertiary alicyclic amines) is 1. The number of carbonyl (C=O) groups is 1. The molecule has 1 fully saturated rings. The molecule has 1 rings (SSSR count). The first-order valence-electron chi connectivity index (χ1n) is 7.31. The highest BCUT2D eigenvalue weighted by Gasteiger charge is 2.24. The van der Waals surface area contributed by atoms with E-state index in [4.69, 9.17) is 0 Å². The van der Waals surface area contributed by atoms with Crippen LogP contribution in [0.25, 0.3) is 0 Å². The van der Waals surface area contributed by atoms with Gasteiger partial charge in [0.25, 0.3) is 0 Å². The SMILES string of the molecule is CCCN1CCC(N(C)C(=O)CCCNC)CC1. The van der Waals surface area contributed by atoms with Crippen LogP contribution in [-0.4, -0.2) is 62.0 Å². The van der Waals surface area contributed by atoms with Crippen LogP contribution in [0.1, 0.15) is 39.0 Å². The first kappa shape index (κ1) is 15.4. The first-order chi connectivity index (χ1) is 8.69. The van der Waals surface area contributed by atoms with Crippen LogP contribution in [0.5, 0.6) is 0 Å². The fraction of sp³-hybridized carbons (Fsp3) is 0.929. The molecule has 1 aliphatic rings. The monoisotopic (exact) mass is 255 g/mol. The number of carbonyl (C=O) groups excluding carboxylic acids is 1. The normalized spacial score (nSPS) is 17.9. The van der Waals surface area contributed by atoms with Gasteiger partial charge in [-0.25, -0.2) is 0 Å². The van der Waals surface area contributed by atoms with Crippen molar-refractivity contribution in [3.8, 4) is 0 Å². The fourth-order valence-corrected chi connectivity index (χ4v) is 2.64.